The summed E-state index contributed by atoms with van der Waals surface area (Å²) in [5, 5.41) is 3.77. The molecule has 3 rings (SSSR count). The Morgan fingerprint density at radius 2 is 2.05 bits per heavy atom. The molecule has 1 saturated carbocycles. The zero-order valence-corrected chi connectivity index (χ0v) is 12.1. The van der Waals surface area contributed by atoms with E-state index in [0.717, 1.165) is 18.5 Å². The van der Waals surface area contributed by atoms with Gasteiger partial charge in [0.1, 0.15) is 0 Å². The van der Waals surface area contributed by atoms with Crippen LogP contribution in [0.15, 0.2) is 24.3 Å². The third kappa shape index (κ3) is 3.80. The van der Waals surface area contributed by atoms with Crippen molar-refractivity contribution in [3.63, 3.8) is 0 Å². The summed E-state index contributed by atoms with van der Waals surface area (Å²) in [7, 11) is 0. The van der Waals surface area contributed by atoms with Crippen molar-refractivity contribution in [2.24, 2.45) is 5.92 Å². The van der Waals surface area contributed by atoms with Gasteiger partial charge in [0.15, 0.2) is 0 Å². The first-order valence-corrected chi connectivity index (χ1v) is 7.81. The summed E-state index contributed by atoms with van der Waals surface area (Å²) in [6, 6.07) is 9.52. The summed E-state index contributed by atoms with van der Waals surface area (Å²) in [6.45, 7) is 7.08. The van der Waals surface area contributed by atoms with E-state index in [1.165, 1.54) is 56.4 Å². The molecule has 1 N–H and O–H groups in total. The van der Waals surface area contributed by atoms with E-state index < -0.39 is 0 Å². The number of hydrogen-bond acceptors (Lipinski definition) is 2. The van der Waals surface area contributed by atoms with Gasteiger partial charge in [0.25, 0.3) is 0 Å². The lowest BCUT2D eigenvalue weighted by molar-refractivity contribution is 0.182. The third-order valence-electron chi connectivity index (χ3n) is 4.55. The second-order valence-electron chi connectivity index (χ2n) is 6.35. The minimum absolute atomic E-state index is 0.721. The molecule has 0 bridgehead atoms. The fourth-order valence-corrected chi connectivity index (χ4v) is 3.05. The normalized spacial score (nSPS) is 24.6. The van der Waals surface area contributed by atoms with Crippen molar-refractivity contribution in [3.05, 3.63) is 35.4 Å². The van der Waals surface area contributed by atoms with Crippen LogP contribution in [0.25, 0.3) is 0 Å². The van der Waals surface area contributed by atoms with Gasteiger partial charge in [0.05, 0.1) is 0 Å². The molecule has 0 amide bonds. The van der Waals surface area contributed by atoms with E-state index in [9.17, 15) is 0 Å². The predicted molar refractivity (Wildman–Crippen MR) is 80.2 cm³/mol. The zero-order valence-electron chi connectivity index (χ0n) is 12.1. The van der Waals surface area contributed by atoms with Gasteiger partial charge in [-0.05, 0) is 62.7 Å². The summed E-state index contributed by atoms with van der Waals surface area (Å²) in [6.07, 6.45) is 5.60. The number of nitrogens with zero attached hydrogens (tertiary/aromatic N) is 1. The molecular weight excluding hydrogens is 232 g/mol. The molecule has 104 valence electrons. The maximum absolute atomic E-state index is 3.77. The van der Waals surface area contributed by atoms with Crippen molar-refractivity contribution < 1.29 is 0 Å². The molecule has 1 aromatic carbocycles. The number of aryl methyl sites for hydroxylation is 1. The topological polar surface area (TPSA) is 15.3 Å². The minimum Gasteiger partial charge on any atom is -0.312 e. The molecule has 1 aliphatic carbocycles. The van der Waals surface area contributed by atoms with Gasteiger partial charge in [-0.25, -0.2) is 0 Å². The maximum Gasteiger partial charge on any atom is 0.0237 e. The lowest BCUT2D eigenvalue weighted by atomic mass is 10.0. The van der Waals surface area contributed by atoms with E-state index in [1.807, 2.05) is 0 Å². The summed E-state index contributed by atoms with van der Waals surface area (Å²) in [5.74, 6) is 0.992. The fourth-order valence-electron chi connectivity index (χ4n) is 3.05. The first kappa shape index (κ1) is 13.1. The van der Waals surface area contributed by atoms with Crippen LogP contribution in [0.1, 0.15) is 36.8 Å². The van der Waals surface area contributed by atoms with Crippen molar-refractivity contribution >= 4 is 0 Å². The van der Waals surface area contributed by atoms with E-state index in [4.69, 9.17) is 0 Å². The Morgan fingerprint density at radius 1 is 1.21 bits per heavy atom. The summed E-state index contributed by atoms with van der Waals surface area (Å²) < 4.78 is 0. The van der Waals surface area contributed by atoms with Crippen LogP contribution in [0.4, 0.5) is 0 Å². The van der Waals surface area contributed by atoms with E-state index in [2.05, 4.69) is 41.4 Å². The Balaban J connectivity index is 1.51. The molecule has 0 spiro atoms. The predicted octanol–water partition coefficient (Wildman–Crippen LogP) is 2.96. The number of rotatable bonds is 5. The van der Waals surface area contributed by atoms with Crippen LogP contribution < -0.4 is 5.32 Å². The Bertz CT molecular complexity index is 411. The summed E-state index contributed by atoms with van der Waals surface area (Å²) in [5.41, 5.74) is 2.92. The maximum atomic E-state index is 3.77. The number of piperidine rings is 1. The van der Waals surface area contributed by atoms with E-state index in [1.54, 1.807) is 0 Å². The van der Waals surface area contributed by atoms with E-state index >= 15 is 0 Å². The molecule has 1 unspecified atom stereocenters. The summed E-state index contributed by atoms with van der Waals surface area (Å²) in [4.78, 5) is 2.62. The molecule has 1 atom stereocenters. The van der Waals surface area contributed by atoms with Gasteiger partial charge >= 0.3 is 0 Å². The molecule has 0 aromatic heterocycles. The molecule has 1 aliphatic heterocycles. The van der Waals surface area contributed by atoms with Gasteiger partial charge in [0.2, 0.25) is 0 Å². The molecule has 1 heterocycles. The molecule has 2 heteroatoms. The van der Waals surface area contributed by atoms with Gasteiger partial charge < -0.3 is 5.32 Å². The first-order chi connectivity index (χ1) is 9.31. The SMILES string of the molecule is Cc1ccccc1CN1CCCC(NCC2CC2)C1. The standard InChI is InChI=1S/C17H26N2/c1-14-5-2-3-6-16(14)12-19-10-4-7-17(13-19)18-11-15-8-9-15/h2-3,5-6,15,17-18H,4,7-13H2,1H3. The van der Waals surface area contributed by atoms with Crippen LogP contribution in [0.3, 0.4) is 0 Å². The van der Waals surface area contributed by atoms with E-state index in [-0.39, 0.29) is 0 Å². The van der Waals surface area contributed by atoms with Crippen molar-refractivity contribution in [2.45, 2.75) is 45.2 Å². The smallest absolute Gasteiger partial charge is 0.0237 e. The largest absolute Gasteiger partial charge is 0.312 e. The fraction of sp³-hybridized carbons (Fsp3) is 0.647. The van der Waals surface area contributed by atoms with Crippen LogP contribution in [0.2, 0.25) is 0 Å². The first-order valence-electron chi connectivity index (χ1n) is 7.81. The molecular formula is C17H26N2. The molecule has 0 radical (unpaired) electrons. The molecule has 2 fully saturated rings. The van der Waals surface area contributed by atoms with Crippen LogP contribution in [0, 0.1) is 12.8 Å². The van der Waals surface area contributed by atoms with Crippen molar-refractivity contribution in [1.82, 2.24) is 10.2 Å². The lowest BCUT2D eigenvalue weighted by Gasteiger charge is -2.33. The van der Waals surface area contributed by atoms with Crippen molar-refractivity contribution in [1.29, 1.82) is 0 Å². The quantitative estimate of drug-likeness (QED) is 0.873. The van der Waals surface area contributed by atoms with Crippen molar-refractivity contribution in [2.75, 3.05) is 19.6 Å². The zero-order chi connectivity index (χ0) is 13.1. The van der Waals surface area contributed by atoms with Gasteiger partial charge in [-0.3, -0.25) is 4.90 Å². The highest BCUT2D eigenvalue weighted by Crippen LogP contribution is 2.28. The second kappa shape index (κ2) is 6.06. The lowest BCUT2D eigenvalue weighted by Crippen LogP contribution is -2.45. The average molecular weight is 258 g/mol. The van der Waals surface area contributed by atoms with Gasteiger partial charge in [-0.2, -0.15) is 0 Å². The Hall–Kier alpha value is -0.860. The molecule has 2 aliphatic rings. The third-order valence-corrected chi connectivity index (χ3v) is 4.55. The summed E-state index contributed by atoms with van der Waals surface area (Å²) >= 11 is 0. The van der Waals surface area contributed by atoms with Crippen LogP contribution >= 0.6 is 0 Å². The van der Waals surface area contributed by atoms with Crippen molar-refractivity contribution in [3.8, 4) is 0 Å². The highest BCUT2D eigenvalue weighted by molar-refractivity contribution is 5.25. The van der Waals surface area contributed by atoms with Crippen LogP contribution in [0.5, 0.6) is 0 Å². The van der Waals surface area contributed by atoms with Gasteiger partial charge in [-0.15, -0.1) is 0 Å². The van der Waals surface area contributed by atoms with Crippen LogP contribution in [-0.2, 0) is 6.54 Å². The Labute approximate surface area is 117 Å². The highest BCUT2D eigenvalue weighted by Gasteiger charge is 2.24. The molecule has 19 heavy (non-hydrogen) atoms. The van der Waals surface area contributed by atoms with E-state index in [0.29, 0.717) is 0 Å². The Kier molecular flexibility index (Phi) is 4.19. The monoisotopic (exact) mass is 258 g/mol. The van der Waals surface area contributed by atoms with Gasteiger partial charge in [-0.1, -0.05) is 24.3 Å². The number of likely N-dealkylation sites (tertiary alicyclic amines) is 1. The number of benzene rings is 1. The Morgan fingerprint density at radius 3 is 2.84 bits per heavy atom. The molecule has 1 aromatic rings. The molecule has 1 saturated heterocycles. The number of nitrogens with one attached hydrogen (secondary N) is 1. The average Bonchev–Trinajstić information content (AvgIpc) is 3.24. The second-order valence-corrected chi connectivity index (χ2v) is 6.35. The molecule has 2 nitrogen and oxygen atoms in total. The number of hydrogen-bond donors (Lipinski definition) is 1. The highest BCUT2D eigenvalue weighted by atomic mass is 15.2. The van der Waals surface area contributed by atoms with Gasteiger partial charge in [0, 0.05) is 19.1 Å². The minimum atomic E-state index is 0.721. The van der Waals surface area contributed by atoms with Crippen LogP contribution in [-0.4, -0.2) is 30.6 Å².